The second-order valence-electron chi connectivity index (χ2n) is 7.45. The fourth-order valence-electron chi connectivity index (χ4n) is 4.06. The molecule has 31 heavy (non-hydrogen) atoms. The van der Waals surface area contributed by atoms with E-state index in [0.717, 1.165) is 16.7 Å². The summed E-state index contributed by atoms with van der Waals surface area (Å²) in [5, 5.41) is 0.838. The van der Waals surface area contributed by atoms with Gasteiger partial charge in [-0.25, -0.2) is 12.4 Å². The van der Waals surface area contributed by atoms with Gasteiger partial charge in [0, 0.05) is 16.9 Å². The van der Waals surface area contributed by atoms with Gasteiger partial charge >= 0.3 is 0 Å². The van der Waals surface area contributed by atoms with Gasteiger partial charge in [0.05, 0.1) is 16.1 Å². The second-order valence-corrected chi connectivity index (χ2v) is 9.24. The Bertz CT molecular complexity index is 1440. The molecule has 0 radical (unpaired) electrons. The SMILES string of the molecule is Cc1ccc(-c2c(C3C=CC=CC=C3)n(S(=O)(=O)c3ccccc3)c3ccccc23)o1. The first-order valence-electron chi connectivity index (χ1n) is 10.1. The molecule has 2 heterocycles. The van der Waals surface area contributed by atoms with Crippen LogP contribution in [0.25, 0.3) is 22.2 Å². The first-order chi connectivity index (χ1) is 15.1. The standard InChI is InChI=1S/C26H21NO3S/c1-19-17-18-24(30-19)25-22-15-9-10-16-23(22)27(26(25)20-11-5-2-3-6-12-20)31(28,29)21-13-7-4-8-14-21/h2-18,20H,1H3. The molecule has 0 fully saturated rings. The monoisotopic (exact) mass is 427 g/mol. The van der Waals surface area contributed by atoms with Crippen molar-refractivity contribution in [3.8, 4) is 11.3 Å². The molecule has 4 nitrogen and oxygen atoms in total. The minimum Gasteiger partial charge on any atom is -0.461 e. The van der Waals surface area contributed by atoms with Crippen LogP contribution in [0.15, 0.2) is 112 Å². The van der Waals surface area contributed by atoms with E-state index in [9.17, 15) is 8.42 Å². The van der Waals surface area contributed by atoms with Gasteiger partial charge in [0.25, 0.3) is 10.0 Å². The maximum Gasteiger partial charge on any atom is 0.268 e. The number of hydrogen-bond acceptors (Lipinski definition) is 3. The molecule has 0 atom stereocenters. The number of hydrogen-bond donors (Lipinski definition) is 0. The fraction of sp³-hybridized carbons (Fsp3) is 0.0769. The molecule has 5 rings (SSSR count). The van der Waals surface area contributed by atoms with E-state index in [0.29, 0.717) is 17.0 Å². The quantitative estimate of drug-likeness (QED) is 0.389. The molecule has 0 amide bonds. The molecule has 0 saturated heterocycles. The minimum absolute atomic E-state index is 0.249. The van der Waals surface area contributed by atoms with Gasteiger partial charge in [-0.3, -0.25) is 0 Å². The topological polar surface area (TPSA) is 52.2 Å². The fourth-order valence-corrected chi connectivity index (χ4v) is 5.66. The number of para-hydroxylation sites is 1. The molecule has 1 aliphatic carbocycles. The number of benzene rings is 2. The summed E-state index contributed by atoms with van der Waals surface area (Å²) in [6, 6.07) is 19.9. The highest BCUT2D eigenvalue weighted by atomic mass is 32.2. The molecule has 0 unspecified atom stereocenters. The molecular formula is C26H21NO3S. The Morgan fingerprint density at radius 2 is 1.48 bits per heavy atom. The van der Waals surface area contributed by atoms with Crippen LogP contribution in [-0.4, -0.2) is 12.4 Å². The van der Waals surface area contributed by atoms with Crippen molar-refractivity contribution >= 4 is 20.9 Å². The van der Waals surface area contributed by atoms with E-state index in [4.69, 9.17) is 4.42 Å². The average Bonchev–Trinajstić information content (AvgIpc) is 3.24. The van der Waals surface area contributed by atoms with Gasteiger partial charge in [-0.05, 0) is 37.3 Å². The summed E-state index contributed by atoms with van der Waals surface area (Å²) in [6.07, 6.45) is 11.8. The summed E-state index contributed by atoms with van der Waals surface area (Å²) < 4.78 is 35.3. The van der Waals surface area contributed by atoms with E-state index < -0.39 is 10.0 Å². The summed E-state index contributed by atoms with van der Waals surface area (Å²) in [5.74, 6) is 1.18. The van der Waals surface area contributed by atoms with Crippen LogP contribution in [0, 0.1) is 6.92 Å². The van der Waals surface area contributed by atoms with Crippen molar-refractivity contribution in [1.82, 2.24) is 3.97 Å². The van der Waals surface area contributed by atoms with Crippen LogP contribution in [0.1, 0.15) is 17.4 Å². The normalized spacial score (nSPS) is 14.4. The summed E-state index contributed by atoms with van der Waals surface area (Å²) in [6.45, 7) is 1.89. The molecule has 154 valence electrons. The van der Waals surface area contributed by atoms with Gasteiger partial charge in [0.1, 0.15) is 11.5 Å². The largest absolute Gasteiger partial charge is 0.461 e. The van der Waals surface area contributed by atoms with Gasteiger partial charge in [-0.1, -0.05) is 72.9 Å². The van der Waals surface area contributed by atoms with E-state index in [1.54, 1.807) is 24.3 Å². The number of furan rings is 1. The van der Waals surface area contributed by atoms with Crippen molar-refractivity contribution < 1.29 is 12.8 Å². The van der Waals surface area contributed by atoms with Gasteiger partial charge in [0.15, 0.2) is 0 Å². The third kappa shape index (κ3) is 3.27. The lowest BCUT2D eigenvalue weighted by molar-refractivity contribution is 0.548. The summed E-state index contributed by atoms with van der Waals surface area (Å²) in [4.78, 5) is 0.249. The Labute approximate surface area is 181 Å². The van der Waals surface area contributed by atoms with E-state index in [1.165, 1.54) is 3.97 Å². The smallest absolute Gasteiger partial charge is 0.268 e. The number of nitrogens with zero attached hydrogens (tertiary/aromatic N) is 1. The first-order valence-corrected chi connectivity index (χ1v) is 11.5. The highest BCUT2D eigenvalue weighted by molar-refractivity contribution is 7.90. The van der Waals surface area contributed by atoms with Crippen LogP contribution in [-0.2, 0) is 10.0 Å². The zero-order valence-electron chi connectivity index (χ0n) is 17.0. The molecule has 0 N–H and O–H groups in total. The van der Waals surface area contributed by atoms with Crippen LogP contribution >= 0.6 is 0 Å². The lowest BCUT2D eigenvalue weighted by Gasteiger charge is -2.16. The highest BCUT2D eigenvalue weighted by Gasteiger charge is 2.31. The zero-order valence-corrected chi connectivity index (χ0v) is 17.8. The van der Waals surface area contributed by atoms with Crippen LogP contribution < -0.4 is 0 Å². The number of fused-ring (bicyclic) bond motifs is 1. The van der Waals surface area contributed by atoms with Crippen molar-refractivity contribution in [3.05, 3.63) is 115 Å². The van der Waals surface area contributed by atoms with E-state index in [2.05, 4.69) is 0 Å². The number of allylic oxidation sites excluding steroid dienone is 6. The number of aryl methyl sites for hydroxylation is 1. The highest BCUT2D eigenvalue weighted by Crippen LogP contribution is 2.42. The van der Waals surface area contributed by atoms with Crippen molar-refractivity contribution in [1.29, 1.82) is 0 Å². The lowest BCUT2D eigenvalue weighted by Crippen LogP contribution is -2.17. The van der Waals surface area contributed by atoms with Gasteiger partial charge < -0.3 is 4.42 Å². The molecular weight excluding hydrogens is 406 g/mol. The predicted molar refractivity (Wildman–Crippen MR) is 124 cm³/mol. The van der Waals surface area contributed by atoms with Crippen LogP contribution in [0.3, 0.4) is 0 Å². The van der Waals surface area contributed by atoms with Crippen LogP contribution in [0.2, 0.25) is 0 Å². The van der Waals surface area contributed by atoms with Crippen LogP contribution in [0.5, 0.6) is 0 Å². The minimum atomic E-state index is -3.85. The number of aromatic nitrogens is 1. The molecule has 5 heteroatoms. The van der Waals surface area contributed by atoms with Gasteiger partial charge in [-0.2, -0.15) is 0 Å². The maximum atomic E-state index is 13.9. The Morgan fingerprint density at radius 3 is 2.16 bits per heavy atom. The average molecular weight is 428 g/mol. The van der Waals surface area contributed by atoms with Gasteiger partial charge in [-0.15, -0.1) is 0 Å². The molecule has 0 aliphatic heterocycles. The second kappa shape index (κ2) is 7.60. The summed E-state index contributed by atoms with van der Waals surface area (Å²) in [5.41, 5.74) is 2.09. The lowest BCUT2D eigenvalue weighted by atomic mass is 9.98. The van der Waals surface area contributed by atoms with E-state index in [-0.39, 0.29) is 10.8 Å². The first kappa shape index (κ1) is 19.4. The van der Waals surface area contributed by atoms with E-state index in [1.807, 2.05) is 85.8 Å². The molecule has 2 aromatic carbocycles. The van der Waals surface area contributed by atoms with Crippen LogP contribution in [0.4, 0.5) is 0 Å². The molecule has 0 bridgehead atoms. The molecule has 4 aromatic rings. The summed E-state index contributed by atoms with van der Waals surface area (Å²) >= 11 is 0. The Hall–Kier alpha value is -3.57. The van der Waals surface area contributed by atoms with Crippen molar-refractivity contribution in [2.75, 3.05) is 0 Å². The van der Waals surface area contributed by atoms with Crippen molar-refractivity contribution in [3.63, 3.8) is 0 Å². The van der Waals surface area contributed by atoms with Crippen molar-refractivity contribution in [2.24, 2.45) is 0 Å². The summed E-state index contributed by atoms with van der Waals surface area (Å²) in [7, 11) is -3.85. The molecule has 0 spiro atoms. The Morgan fingerprint density at radius 1 is 0.806 bits per heavy atom. The van der Waals surface area contributed by atoms with Crippen molar-refractivity contribution in [2.45, 2.75) is 17.7 Å². The van der Waals surface area contributed by atoms with E-state index >= 15 is 0 Å². The third-order valence-corrected chi connectivity index (χ3v) is 7.16. The third-order valence-electron chi connectivity index (χ3n) is 5.42. The Balaban J connectivity index is 1.92. The van der Waals surface area contributed by atoms with Gasteiger partial charge in [0.2, 0.25) is 0 Å². The molecule has 0 saturated carbocycles. The number of rotatable bonds is 4. The Kier molecular flexibility index (Phi) is 4.75. The molecule has 1 aliphatic rings. The zero-order chi connectivity index (χ0) is 21.4. The predicted octanol–water partition coefficient (Wildman–Crippen LogP) is 6.21. The maximum absolute atomic E-state index is 13.9. The molecule has 2 aromatic heterocycles.